The van der Waals surface area contributed by atoms with Crippen LogP contribution in [0, 0.1) is 13.8 Å². The molecule has 0 atom stereocenters. The van der Waals surface area contributed by atoms with Crippen LogP contribution < -0.4 is 10.2 Å². The average molecular weight is 221 g/mol. The van der Waals surface area contributed by atoms with Gasteiger partial charge in [-0.1, -0.05) is 6.92 Å². The maximum atomic E-state index is 10.9. The van der Waals surface area contributed by atoms with E-state index in [4.69, 9.17) is 0 Å². The topological polar surface area (TPSA) is 93.2 Å². The third-order valence-electron chi connectivity index (χ3n) is 2.42. The first-order chi connectivity index (χ1) is 7.40. The van der Waals surface area contributed by atoms with Gasteiger partial charge in [-0.05, 0) is 25.8 Å². The fraction of sp³-hybridized carbons (Fsp3) is 0.364. The summed E-state index contributed by atoms with van der Waals surface area (Å²) in [6.45, 7) is 4.69. The summed E-state index contributed by atoms with van der Waals surface area (Å²) in [4.78, 5) is 25.7. The van der Waals surface area contributed by atoms with Gasteiger partial charge in [0.15, 0.2) is 0 Å². The van der Waals surface area contributed by atoms with Crippen molar-refractivity contribution in [2.75, 3.05) is 0 Å². The zero-order valence-corrected chi connectivity index (χ0v) is 9.29. The zero-order chi connectivity index (χ0) is 12.5. The highest BCUT2D eigenvalue weighted by atomic mass is 16.4. The lowest BCUT2D eigenvalue weighted by Crippen LogP contribution is -2.31. The lowest BCUT2D eigenvalue weighted by Gasteiger charge is -2.19. The summed E-state index contributed by atoms with van der Waals surface area (Å²) in [7, 11) is 0. The molecule has 16 heavy (non-hydrogen) atoms. The Labute approximate surface area is 92.8 Å². The molecule has 0 N–H and O–H groups in total. The summed E-state index contributed by atoms with van der Waals surface area (Å²) in [6.07, 6.45) is 0.275. The van der Waals surface area contributed by atoms with Crippen molar-refractivity contribution in [2.45, 2.75) is 27.2 Å². The van der Waals surface area contributed by atoms with Crippen molar-refractivity contribution in [1.29, 1.82) is 0 Å². The Kier molecular flexibility index (Phi) is 3.27. The molecule has 0 fully saturated rings. The maximum absolute atomic E-state index is 10.9. The van der Waals surface area contributed by atoms with Crippen molar-refractivity contribution in [3.8, 4) is 0 Å². The fourth-order valence-corrected chi connectivity index (χ4v) is 1.82. The molecule has 1 rings (SSSR count). The van der Waals surface area contributed by atoms with Gasteiger partial charge in [0.25, 0.3) is 0 Å². The molecule has 0 saturated carbocycles. The van der Waals surface area contributed by atoms with Crippen LogP contribution in [0.3, 0.4) is 0 Å². The van der Waals surface area contributed by atoms with Crippen LogP contribution in [0.1, 0.15) is 44.6 Å². The predicted octanol–water partition coefficient (Wildman–Crippen LogP) is -1.01. The number of carboxylic acids is 2. The van der Waals surface area contributed by atoms with Crippen LogP contribution in [0.25, 0.3) is 0 Å². The lowest BCUT2D eigenvalue weighted by molar-refractivity contribution is -0.255. The van der Waals surface area contributed by atoms with Gasteiger partial charge >= 0.3 is 0 Å². The first-order valence-electron chi connectivity index (χ1n) is 4.82. The van der Waals surface area contributed by atoms with E-state index in [2.05, 4.69) is 4.98 Å². The molecule has 1 aromatic heterocycles. The molecule has 1 aromatic rings. The van der Waals surface area contributed by atoms with Crippen molar-refractivity contribution in [3.05, 3.63) is 28.1 Å². The van der Waals surface area contributed by atoms with Crippen LogP contribution >= 0.6 is 0 Å². The summed E-state index contributed by atoms with van der Waals surface area (Å²) < 4.78 is 0. The predicted molar refractivity (Wildman–Crippen MR) is 51.8 cm³/mol. The number of hydrogen-bond donors (Lipinski definition) is 0. The minimum Gasteiger partial charge on any atom is -0.545 e. The first kappa shape index (κ1) is 12.2. The molecular weight excluding hydrogens is 210 g/mol. The quantitative estimate of drug-likeness (QED) is 0.651. The first-order valence-corrected chi connectivity index (χ1v) is 4.82. The number of pyridine rings is 1. The maximum Gasteiger partial charge on any atom is 0.0736 e. The molecule has 0 saturated heterocycles. The van der Waals surface area contributed by atoms with Gasteiger partial charge in [-0.15, -0.1) is 0 Å². The smallest absolute Gasteiger partial charge is 0.0736 e. The molecule has 0 amide bonds. The standard InChI is InChI=1S/C11H13NO4/c1-4-7-8(10(13)14)5(2)12-6(3)9(7)11(15)16/h4H2,1-3H3,(H,13,14)(H,15,16)/p-2. The van der Waals surface area contributed by atoms with E-state index in [0.717, 1.165) is 0 Å². The molecule has 0 aliphatic heterocycles. The number of carbonyl (C=O) groups excluding carboxylic acids is 2. The van der Waals surface area contributed by atoms with Crippen molar-refractivity contribution in [1.82, 2.24) is 4.98 Å². The summed E-state index contributed by atoms with van der Waals surface area (Å²) >= 11 is 0. The molecule has 0 spiro atoms. The van der Waals surface area contributed by atoms with Crippen LogP contribution in [0.15, 0.2) is 0 Å². The summed E-state index contributed by atoms with van der Waals surface area (Å²) in [5.41, 5.74) is 0.448. The zero-order valence-electron chi connectivity index (χ0n) is 9.29. The molecule has 86 valence electrons. The summed E-state index contributed by atoms with van der Waals surface area (Å²) in [5, 5.41) is 21.8. The molecular formula is C11H11NO4-2. The van der Waals surface area contributed by atoms with Gasteiger partial charge in [-0.3, -0.25) is 4.98 Å². The second kappa shape index (κ2) is 4.30. The van der Waals surface area contributed by atoms with E-state index in [1.165, 1.54) is 13.8 Å². The van der Waals surface area contributed by atoms with Gasteiger partial charge in [0.1, 0.15) is 0 Å². The van der Waals surface area contributed by atoms with Crippen LogP contribution in [0.2, 0.25) is 0 Å². The van der Waals surface area contributed by atoms with E-state index in [0.29, 0.717) is 0 Å². The van der Waals surface area contributed by atoms with E-state index in [1.807, 2.05) is 0 Å². The second-order valence-corrected chi connectivity index (χ2v) is 3.44. The number of hydrogen-bond acceptors (Lipinski definition) is 5. The van der Waals surface area contributed by atoms with Gasteiger partial charge in [0, 0.05) is 22.5 Å². The Balaban J connectivity index is 3.69. The number of carboxylic acid groups (broad SMARTS) is 2. The highest BCUT2D eigenvalue weighted by molar-refractivity contribution is 5.96. The van der Waals surface area contributed by atoms with E-state index in [9.17, 15) is 19.8 Å². The molecule has 0 aliphatic rings. The van der Waals surface area contributed by atoms with E-state index < -0.39 is 11.9 Å². The minimum absolute atomic E-state index is 0.146. The number of carbonyl (C=O) groups is 2. The SMILES string of the molecule is CCc1c(C(=O)[O-])c(C)nc(C)c1C(=O)[O-]. The third kappa shape index (κ3) is 1.88. The van der Waals surface area contributed by atoms with Gasteiger partial charge < -0.3 is 19.8 Å². The normalized spacial score (nSPS) is 10.2. The highest BCUT2D eigenvalue weighted by Crippen LogP contribution is 2.20. The summed E-state index contributed by atoms with van der Waals surface area (Å²) in [6, 6.07) is 0. The number of nitrogens with zero attached hydrogens (tertiary/aromatic N) is 1. The van der Waals surface area contributed by atoms with Crippen LogP contribution in [0.5, 0.6) is 0 Å². The lowest BCUT2D eigenvalue weighted by atomic mass is 9.97. The molecule has 0 aliphatic carbocycles. The molecule has 0 bridgehead atoms. The summed E-state index contributed by atoms with van der Waals surface area (Å²) in [5.74, 6) is -2.83. The van der Waals surface area contributed by atoms with Crippen molar-refractivity contribution in [3.63, 3.8) is 0 Å². The second-order valence-electron chi connectivity index (χ2n) is 3.44. The number of aromatic nitrogens is 1. The van der Waals surface area contributed by atoms with E-state index in [1.54, 1.807) is 6.92 Å². The monoisotopic (exact) mass is 221 g/mol. The van der Waals surface area contributed by atoms with Crippen LogP contribution in [-0.4, -0.2) is 16.9 Å². The average Bonchev–Trinajstić information content (AvgIpc) is 2.14. The van der Waals surface area contributed by atoms with Crippen LogP contribution in [-0.2, 0) is 6.42 Å². The number of aromatic carboxylic acids is 2. The Bertz CT molecular complexity index is 427. The van der Waals surface area contributed by atoms with Gasteiger partial charge in [-0.25, -0.2) is 0 Å². The molecule has 0 unspecified atom stereocenters. The molecule has 5 nitrogen and oxygen atoms in total. The van der Waals surface area contributed by atoms with E-state index >= 15 is 0 Å². The van der Waals surface area contributed by atoms with Gasteiger partial charge in [-0.2, -0.15) is 0 Å². The Hall–Kier alpha value is -1.91. The van der Waals surface area contributed by atoms with Crippen LogP contribution in [0.4, 0.5) is 0 Å². The van der Waals surface area contributed by atoms with Crippen molar-refractivity contribution >= 4 is 11.9 Å². The molecule has 0 aromatic carbocycles. The number of rotatable bonds is 3. The Morgan fingerprint density at radius 3 is 1.69 bits per heavy atom. The molecule has 1 heterocycles. The number of aryl methyl sites for hydroxylation is 2. The third-order valence-corrected chi connectivity index (χ3v) is 2.42. The minimum atomic E-state index is -1.41. The fourth-order valence-electron chi connectivity index (χ4n) is 1.82. The molecule has 5 heteroatoms. The Morgan fingerprint density at radius 1 is 1.06 bits per heavy atom. The van der Waals surface area contributed by atoms with Crippen molar-refractivity contribution < 1.29 is 19.8 Å². The van der Waals surface area contributed by atoms with Gasteiger partial charge in [0.05, 0.1) is 11.9 Å². The van der Waals surface area contributed by atoms with Crippen molar-refractivity contribution in [2.24, 2.45) is 0 Å². The largest absolute Gasteiger partial charge is 0.545 e. The highest BCUT2D eigenvalue weighted by Gasteiger charge is 2.15. The molecule has 0 radical (unpaired) electrons. The Morgan fingerprint density at radius 2 is 1.44 bits per heavy atom. The van der Waals surface area contributed by atoms with Gasteiger partial charge in [0.2, 0.25) is 0 Å². The van der Waals surface area contributed by atoms with E-state index in [-0.39, 0.29) is 34.5 Å².